The molecule has 10 atom stereocenters. The van der Waals surface area contributed by atoms with E-state index < -0.39 is 48.7 Å². The Hall–Kier alpha value is -1.30. The molecule has 3 rings (SSSR count). The van der Waals surface area contributed by atoms with E-state index in [1.54, 1.807) is 0 Å². The van der Waals surface area contributed by atoms with E-state index in [2.05, 4.69) is 0 Å². The molecule has 0 amide bonds. The van der Waals surface area contributed by atoms with Gasteiger partial charge < -0.3 is 38.6 Å². The van der Waals surface area contributed by atoms with Crippen LogP contribution in [0, 0.1) is 5.92 Å². The number of aliphatic hydroxyl groups excluding tert-OH is 2. The van der Waals surface area contributed by atoms with Crippen molar-refractivity contribution in [2.75, 3.05) is 13.2 Å². The van der Waals surface area contributed by atoms with Crippen LogP contribution in [0.2, 0.25) is 0 Å². The molecule has 28 heavy (non-hydrogen) atoms. The number of epoxide rings is 1. The van der Waals surface area contributed by atoms with Gasteiger partial charge in [-0.05, 0) is 6.92 Å². The minimum Gasteiger partial charge on any atom is -0.463 e. The smallest absolute Gasteiger partial charge is 0.303 e. The van der Waals surface area contributed by atoms with Crippen LogP contribution in [0.3, 0.4) is 0 Å². The quantitative estimate of drug-likeness (QED) is 0.440. The fourth-order valence-electron chi connectivity index (χ4n) is 3.63. The van der Waals surface area contributed by atoms with Gasteiger partial charge in [-0.3, -0.25) is 9.59 Å². The topological polar surface area (TPSA) is 133 Å². The van der Waals surface area contributed by atoms with Gasteiger partial charge in [-0.25, -0.2) is 0 Å². The summed E-state index contributed by atoms with van der Waals surface area (Å²) in [5.41, 5.74) is 0. The number of carbonyl (C=O) groups is 2. The normalized spacial score (nSPS) is 45.5. The first-order chi connectivity index (χ1) is 13.2. The molecule has 10 nitrogen and oxygen atoms in total. The molecule has 0 spiro atoms. The minimum atomic E-state index is -1.48. The zero-order valence-electron chi connectivity index (χ0n) is 16.3. The van der Waals surface area contributed by atoms with E-state index in [0.29, 0.717) is 6.61 Å². The van der Waals surface area contributed by atoms with Crippen LogP contribution in [0.4, 0.5) is 0 Å². The molecule has 4 unspecified atom stereocenters. The summed E-state index contributed by atoms with van der Waals surface area (Å²) in [5, 5.41) is 20.8. The van der Waals surface area contributed by atoms with E-state index in [9.17, 15) is 19.8 Å². The average Bonchev–Trinajstić information content (AvgIpc) is 3.42. The minimum absolute atomic E-state index is 0.0440. The number of fused-ring (bicyclic) bond motifs is 1. The van der Waals surface area contributed by atoms with Crippen molar-refractivity contribution in [3.8, 4) is 0 Å². The summed E-state index contributed by atoms with van der Waals surface area (Å²) in [5.74, 6) is -1.25. The molecule has 0 radical (unpaired) electrons. The molecular formula is C18H28O10. The highest BCUT2D eigenvalue weighted by Crippen LogP contribution is 2.39. The SMILES string of the molecule is CC(=O)OCC1O[C@@H](O[C@@H]2C(C)CO[C@H](C)[C@@H]3OC23)C(OC(C)=O)[C@@H](O)[C@@H]1O. The summed E-state index contributed by atoms with van der Waals surface area (Å²) in [6.45, 7) is 6.45. The van der Waals surface area contributed by atoms with Crippen molar-refractivity contribution in [2.24, 2.45) is 5.92 Å². The average molecular weight is 404 g/mol. The highest BCUT2D eigenvalue weighted by Gasteiger charge is 2.56. The molecule has 0 saturated carbocycles. The fraction of sp³-hybridized carbons (Fsp3) is 0.889. The lowest BCUT2D eigenvalue weighted by Gasteiger charge is -2.42. The number of carbonyl (C=O) groups excluding carboxylic acids is 2. The standard InChI is InChI=1S/C18H28O10/c1-7-5-23-8(2)15-17(27-15)14(7)28-18-16(25-10(4)20)13(22)12(21)11(26-18)6-24-9(3)19/h7-8,11-18,21-22H,5-6H2,1-4H3/t7?,8-,11?,12-,13+,14-,15+,16?,17?,18+/m1/s1. The molecule has 3 fully saturated rings. The van der Waals surface area contributed by atoms with Gasteiger partial charge in [0.25, 0.3) is 0 Å². The molecule has 3 aliphatic heterocycles. The highest BCUT2D eigenvalue weighted by molar-refractivity contribution is 5.66. The molecule has 0 aromatic carbocycles. The maximum Gasteiger partial charge on any atom is 0.303 e. The van der Waals surface area contributed by atoms with Crippen molar-refractivity contribution in [1.29, 1.82) is 0 Å². The number of hydrogen-bond acceptors (Lipinski definition) is 10. The number of esters is 2. The van der Waals surface area contributed by atoms with E-state index >= 15 is 0 Å². The van der Waals surface area contributed by atoms with Crippen LogP contribution >= 0.6 is 0 Å². The second-order valence-corrected chi connectivity index (χ2v) is 7.58. The summed E-state index contributed by atoms with van der Waals surface area (Å²) < 4.78 is 33.3. The Morgan fingerprint density at radius 3 is 2.36 bits per heavy atom. The summed E-state index contributed by atoms with van der Waals surface area (Å²) >= 11 is 0. The van der Waals surface area contributed by atoms with Crippen molar-refractivity contribution in [3.63, 3.8) is 0 Å². The Labute approximate surface area is 163 Å². The molecule has 10 heteroatoms. The van der Waals surface area contributed by atoms with Crippen LogP contribution in [0.5, 0.6) is 0 Å². The third-order valence-corrected chi connectivity index (χ3v) is 5.22. The maximum atomic E-state index is 11.5. The van der Waals surface area contributed by atoms with Gasteiger partial charge in [-0.2, -0.15) is 0 Å². The lowest BCUT2D eigenvalue weighted by molar-refractivity contribution is -0.318. The van der Waals surface area contributed by atoms with Crippen molar-refractivity contribution in [2.45, 2.75) is 82.8 Å². The van der Waals surface area contributed by atoms with Gasteiger partial charge in [0.1, 0.15) is 37.1 Å². The molecule has 160 valence electrons. The second kappa shape index (κ2) is 8.60. The largest absolute Gasteiger partial charge is 0.463 e. The number of rotatable bonds is 5. The van der Waals surface area contributed by atoms with Crippen molar-refractivity contribution < 1.29 is 48.2 Å². The number of ether oxygens (including phenoxy) is 6. The van der Waals surface area contributed by atoms with Crippen LogP contribution in [-0.2, 0) is 38.0 Å². The third kappa shape index (κ3) is 4.64. The van der Waals surface area contributed by atoms with E-state index in [1.807, 2.05) is 13.8 Å². The van der Waals surface area contributed by atoms with Gasteiger partial charge in [0, 0.05) is 19.8 Å². The van der Waals surface area contributed by atoms with Gasteiger partial charge in [-0.1, -0.05) is 6.92 Å². The lowest BCUT2D eigenvalue weighted by atomic mass is 9.97. The van der Waals surface area contributed by atoms with Gasteiger partial charge >= 0.3 is 11.9 Å². The Balaban J connectivity index is 1.75. The molecule has 3 aliphatic rings. The van der Waals surface area contributed by atoms with E-state index in [1.165, 1.54) is 13.8 Å². The Kier molecular flexibility index (Phi) is 6.58. The van der Waals surface area contributed by atoms with E-state index in [-0.39, 0.29) is 30.8 Å². The Morgan fingerprint density at radius 1 is 1.00 bits per heavy atom. The van der Waals surface area contributed by atoms with Gasteiger partial charge in [0.15, 0.2) is 12.4 Å². The Morgan fingerprint density at radius 2 is 1.71 bits per heavy atom. The second-order valence-electron chi connectivity index (χ2n) is 7.58. The van der Waals surface area contributed by atoms with Gasteiger partial charge in [0.2, 0.25) is 0 Å². The van der Waals surface area contributed by atoms with E-state index in [4.69, 9.17) is 28.4 Å². The fourth-order valence-corrected chi connectivity index (χ4v) is 3.63. The van der Waals surface area contributed by atoms with Crippen LogP contribution < -0.4 is 0 Å². The molecule has 0 aromatic rings. The summed E-state index contributed by atoms with van der Waals surface area (Å²) in [6.07, 6.45) is -7.15. The first-order valence-electron chi connectivity index (χ1n) is 9.43. The Bertz CT molecular complexity index is 581. The van der Waals surface area contributed by atoms with Crippen LogP contribution in [0.25, 0.3) is 0 Å². The zero-order valence-corrected chi connectivity index (χ0v) is 16.3. The summed E-state index contributed by atoms with van der Waals surface area (Å²) in [4.78, 5) is 22.6. The summed E-state index contributed by atoms with van der Waals surface area (Å²) in [7, 11) is 0. The molecule has 0 bridgehead atoms. The van der Waals surface area contributed by atoms with Gasteiger partial charge in [0.05, 0.1) is 18.8 Å². The van der Waals surface area contributed by atoms with Crippen molar-refractivity contribution >= 4 is 11.9 Å². The number of aliphatic hydroxyl groups is 2. The van der Waals surface area contributed by atoms with Crippen molar-refractivity contribution in [1.82, 2.24) is 0 Å². The molecule has 0 aliphatic carbocycles. The zero-order chi connectivity index (χ0) is 20.6. The maximum absolute atomic E-state index is 11.5. The predicted octanol–water partition coefficient (Wildman–Crippen LogP) is -0.865. The monoisotopic (exact) mass is 404 g/mol. The van der Waals surface area contributed by atoms with Crippen LogP contribution in [0.15, 0.2) is 0 Å². The molecule has 3 heterocycles. The molecular weight excluding hydrogens is 376 g/mol. The van der Waals surface area contributed by atoms with Gasteiger partial charge in [-0.15, -0.1) is 0 Å². The summed E-state index contributed by atoms with van der Waals surface area (Å²) in [6, 6.07) is 0. The first-order valence-corrected chi connectivity index (χ1v) is 9.43. The van der Waals surface area contributed by atoms with Crippen LogP contribution in [0.1, 0.15) is 27.7 Å². The number of hydrogen-bond donors (Lipinski definition) is 2. The molecule has 2 N–H and O–H groups in total. The predicted molar refractivity (Wildman–Crippen MR) is 91.0 cm³/mol. The van der Waals surface area contributed by atoms with Crippen molar-refractivity contribution in [3.05, 3.63) is 0 Å². The molecule has 3 saturated heterocycles. The lowest BCUT2D eigenvalue weighted by Crippen LogP contribution is -2.61. The first kappa shape index (κ1) is 21.4. The molecule has 0 aromatic heterocycles. The highest BCUT2D eigenvalue weighted by atomic mass is 16.7. The third-order valence-electron chi connectivity index (χ3n) is 5.22. The van der Waals surface area contributed by atoms with E-state index in [0.717, 1.165) is 0 Å². The van der Waals surface area contributed by atoms with Crippen LogP contribution in [-0.4, -0.2) is 90.5 Å².